The SMILES string of the molecule is O=C(c1c(F)cc(Br)cc1F)c1c[nH]c2ccc(F)cc12. The zero-order valence-corrected chi connectivity index (χ0v) is 12.0. The number of aromatic amines is 1. The fraction of sp³-hybridized carbons (Fsp3) is 0. The van der Waals surface area contributed by atoms with Gasteiger partial charge in [-0.15, -0.1) is 0 Å². The minimum atomic E-state index is -0.974. The summed E-state index contributed by atoms with van der Waals surface area (Å²) in [6, 6.07) is 5.84. The van der Waals surface area contributed by atoms with Crippen LogP contribution >= 0.6 is 15.9 Å². The number of halogens is 4. The monoisotopic (exact) mass is 353 g/mol. The van der Waals surface area contributed by atoms with E-state index in [4.69, 9.17) is 0 Å². The number of hydrogen-bond donors (Lipinski definition) is 1. The first-order valence-electron chi connectivity index (χ1n) is 5.93. The van der Waals surface area contributed by atoms with Gasteiger partial charge in [0.05, 0.1) is 5.56 Å². The number of aromatic nitrogens is 1. The molecule has 3 aromatic rings. The molecule has 0 aliphatic carbocycles. The molecule has 0 unspecified atom stereocenters. The van der Waals surface area contributed by atoms with Crippen molar-refractivity contribution in [3.05, 3.63) is 69.6 Å². The van der Waals surface area contributed by atoms with Crippen LogP contribution in [0.5, 0.6) is 0 Å². The number of carbonyl (C=O) groups is 1. The summed E-state index contributed by atoms with van der Waals surface area (Å²) in [4.78, 5) is 15.1. The number of nitrogens with one attached hydrogen (secondary N) is 1. The molecule has 0 saturated heterocycles. The summed E-state index contributed by atoms with van der Waals surface area (Å²) in [5, 5.41) is 0.279. The molecule has 0 fully saturated rings. The molecule has 1 heterocycles. The second kappa shape index (κ2) is 5.04. The van der Waals surface area contributed by atoms with E-state index in [2.05, 4.69) is 20.9 Å². The zero-order chi connectivity index (χ0) is 15.1. The van der Waals surface area contributed by atoms with Gasteiger partial charge in [0.25, 0.3) is 0 Å². The smallest absolute Gasteiger partial charge is 0.201 e. The quantitative estimate of drug-likeness (QED) is 0.672. The van der Waals surface area contributed by atoms with Gasteiger partial charge in [-0.2, -0.15) is 0 Å². The summed E-state index contributed by atoms with van der Waals surface area (Å²) in [7, 11) is 0. The summed E-state index contributed by atoms with van der Waals surface area (Å²) in [5.41, 5.74) is -0.134. The Kier molecular flexibility index (Phi) is 3.33. The summed E-state index contributed by atoms with van der Waals surface area (Å²) >= 11 is 2.95. The predicted molar refractivity (Wildman–Crippen MR) is 75.7 cm³/mol. The highest BCUT2D eigenvalue weighted by atomic mass is 79.9. The van der Waals surface area contributed by atoms with E-state index in [1.165, 1.54) is 18.3 Å². The number of hydrogen-bond acceptors (Lipinski definition) is 1. The van der Waals surface area contributed by atoms with Crippen LogP contribution in [0.4, 0.5) is 13.2 Å². The fourth-order valence-electron chi connectivity index (χ4n) is 2.17. The van der Waals surface area contributed by atoms with Crippen molar-refractivity contribution >= 4 is 32.6 Å². The lowest BCUT2D eigenvalue weighted by atomic mass is 10.0. The number of benzene rings is 2. The van der Waals surface area contributed by atoms with Crippen LogP contribution < -0.4 is 0 Å². The Hall–Kier alpha value is -2.08. The first-order valence-corrected chi connectivity index (χ1v) is 6.72. The Bertz CT molecular complexity index is 849. The molecule has 0 aliphatic rings. The van der Waals surface area contributed by atoms with Gasteiger partial charge in [0.15, 0.2) is 0 Å². The van der Waals surface area contributed by atoms with Crippen molar-refractivity contribution in [3.63, 3.8) is 0 Å². The maximum absolute atomic E-state index is 13.9. The Balaban J connectivity index is 2.20. The Labute approximate surface area is 125 Å². The minimum absolute atomic E-state index is 0.0182. The van der Waals surface area contributed by atoms with E-state index in [-0.39, 0.29) is 15.4 Å². The van der Waals surface area contributed by atoms with E-state index in [1.54, 1.807) is 0 Å². The molecule has 0 atom stereocenters. The van der Waals surface area contributed by atoms with Crippen LogP contribution in [0, 0.1) is 17.5 Å². The van der Waals surface area contributed by atoms with Gasteiger partial charge in [-0.25, -0.2) is 13.2 Å². The first kappa shape index (κ1) is 13.9. The molecule has 0 amide bonds. The average Bonchev–Trinajstić information content (AvgIpc) is 2.80. The molecule has 106 valence electrons. The lowest BCUT2D eigenvalue weighted by Crippen LogP contribution is -2.07. The Morgan fingerprint density at radius 2 is 1.71 bits per heavy atom. The van der Waals surface area contributed by atoms with E-state index in [0.717, 1.165) is 18.2 Å². The molecule has 0 aliphatic heterocycles. The highest BCUT2D eigenvalue weighted by molar-refractivity contribution is 9.10. The highest BCUT2D eigenvalue weighted by Crippen LogP contribution is 2.26. The largest absolute Gasteiger partial charge is 0.360 e. The third-order valence-corrected chi connectivity index (χ3v) is 3.58. The van der Waals surface area contributed by atoms with Gasteiger partial charge in [0.2, 0.25) is 5.78 Å². The van der Waals surface area contributed by atoms with Gasteiger partial charge in [-0.05, 0) is 30.3 Å². The maximum atomic E-state index is 13.9. The third kappa shape index (κ3) is 2.35. The van der Waals surface area contributed by atoms with E-state index in [9.17, 15) is 18.0 Å². The molecule has 6 heteroatoms. The summed E-state index contributed by atoms with van der Waals surface area (Å²) < 4.78 is 41.2. The van der Waals surface area contributed by atoms with Gasteiger partial charge < -0.3 is 4.98 Å². The summed E-state index contributed by atoms with van der Waals surface area (Å²) in [6.45, 7) is 0. The van der Waals surface area contributed by atoms with Crippen molar-refractivity contribution in [2.45, 2.75) is 0 Å². The van der Waals surface area contributed by atoms with Crippen LogP contribution in [0.25, 0.3) is 10.9 Å². The van der Waals surface area contributed by atoms with Crippen molar-refractivity contribution in [2.75, 3.05) is 0 Å². The van der Waals surface area contributed by atoms with Crippen LogP contribution in [-0.4, -0.2) is 10.8 Å². The van der Waals surface area contributed by atoms with Gasteiger partial charge >= 0.3 is 0 Å². The third-order valence-electron chi connectivity index (χ3n) is 3.12. The molecule has 3 rings (SSSR count). The molecular formula is C15H7BrF3NO. The molecule has 0 saturated carbocycles. The maximum Gasteiger partial charge on any atom is 0.201 e. The summed E-state index contributed by atoms with van der Waals surface area (Å²) in [5.74, 6) is -3.32. The van der Waals surface area contributed by atoms with Crippen molar-refractivity contribution < 1.29 is 18.0 Å². The zero-order valence-electron chi connectivity index (χ0n) is 10.4. The molecule has 0 bridgehead atoms. The molecule has 2 aromatic carbocycles. The lowest BCUT2D eigenvalue weighted by molar-refractivity contribution is 0.103. The fourth-order valence-corrected chi connectivity index (χ4v) is 2.58. The van der Waals surface area contributed by atoms with Gasteiger partial charge in [0, 0.05) is 27.1 Å². The van der Waals surface area contributed by atoms with Crippen LogP contribution in [0.15, 0.2) is 41.0 Å². The lowest BCUT2D eigenvalue weighted by Gasteiger charge is -2.04. The minimum Gasteiger partial charge on any atom is -0.360 e. The van der Waals surface area contributed by atoms with Crippen molar-refractivity contribution in [1.82, 2.24) is 4.98 Å². The van der Waals surface area contributed by atoms with E-state index in [1.807, 2.05) is 0 Å². The molecule has 2 nitrogen and oxygen atoms in total. The molecule has 1 N–H and O–H groups in total. The van der Waals surface area contributed by atoms with E-state index < -0.39 is 28.8 Å². The van der Waals surface area contributed by atoms with Crippen LogP contribution in [-0.2, 0) is 0 Å². The molecule has 0 spiro atoms. The first-order chi connectivity index (χ1) is 9.97. The molecule has 0 radical (unpaired) electrons. The highest BCUT2D eigenvalue weighted by Gasteiger charge is 2.22. The summed E-state index contributed by atoms with van der Waals surface area (Å²) in [6.07, 6.45) is 1.31. The normalized spacial score (nSPS) is 11.0. The second-order valence-corrected chi connectivity index (χ2v) is 5.38. The van der Waals surface area contributed by atoms with Crippen LogP contribution in [0.3, 0.4) is 0 Å². The van der Waals surface area contributed by atoms with Gasteiger partial charge in [-0.1, -0.05) is 15.9 Å². The standard InChI is InChI=1S/C15H7BrF3NO/c16-7-3-11(18)14(12(19)4-7)15(21)10-6-20-13-2-1-8(17)5-9(10)13/h1-6,20H. The van der Waals surface area contributed by atoms with E-state index in [0.29, 0.717) is 5.52 Å². The Morgan fingerprint density at radius 1 is 1.05 bits per heavy atom. The number of fused-ring (bicyclic) bond motifs is 1. The number of H-pyrrole nitrogens is 1. The Morgan fingerprint density at radius 3 is 2.38 bits per heavy atom. The predicted octanol–water partition coefficient (Wildman–Crippen LogP) is 4.58. The number of ketones is 1. The molecule has 1 aromatic heterocycles. The topological polar surface area (TPSA) is 32.9 Å². The van der Waals surface area contributed by atoms with Crippen molar-refractivity contribution in [3.8, 4) is 0 Å². The molecule has 21 heavy (non-hydrogen) atoms. The van der Waals surface area contributed by atoms with Crippen LogP contribution in [0.1, 0.15) is 15.9 Å². The van der Waals surface area contributed by atoms with Crippen molar-refractivity contribution in [2.24, 2.45) is 0 Å². The average molecular weight is 354 g/mol. The number of rotatable bonds is 2. The van der Waals surface area contributed by atoms with Gasteiger partial charge in [0.1, 0.15) is 17.5 Å². The van der Waals surface area contributed by atoms with Crippen LogP contribution in [0.2, 0.25) is 0 Å². The molecular weight excluding hydrogens is 347 g/mol. The van der Waals surface area contributed by atoms with Gasteiger partial charge in [-0.3, -0.25) is 4.79 Å². The second-order valence-electron chi connectivity index (χ2n) is 4.47. The number of carbonyl (C=O) groups excluding carboxylic acids is 1. The van der Waals surface area contributed by atoms with Crippen molar-refractivity contribution in [1.29, 1.82) is 0 Å². The van der Waals surface area contributed by atoms with E-state index >= 15 is 0 Å².